The predicted octanol–water partition coefficient (Wildman–Crippen LogP) is 3.67. The van der Waals surface area contributed by atoms with Crippen molar-refractivity contribution < 1.29 is 9.47 Å². The summed E-state index contributed by atoms with van der Waals surface area (Å²) >= 11 is 6.27. The lowest BCUT2D eigenvalue weighted by atomic mass is 9.99. The predicted molar refractivity (Wildman–Crippen MR) is 94.9 cm³/mol. The van der Waals surface area contributed by atoms with Crippen LogP contribution in [0.2, 0.25) is 5.02 Å². The zero-order valence-corrected chi connectivity index (χ0v) is 14.8. The largest absolute Gasteiger partial charge is 0.481 e. The second kappa shape index (κ2) is 7.81. The number of halogens is 1. The minimum Gasteiger partial charge on any atom is -0.481 e. The molecule has 0 N–H and O–H groups in total. The molecule has 6 heteroatoms. The Hall–Kier alpha value is -1.85. The van der Waals surface area contributed by atoms with Crippen molar-refractivity contribution in [2.45, 2.75) is 25.3 Å². The first-order valence-corrected chi connectivity index (χ1v) is 8.50. The third-order valence-corrected chi connectivity index (χ3v) is 4.63. The molecule has 2 heterocycles. The minimum atomic E-state index is 0.321. The van der Waals surface area contributed by atoms with Crippen LogP contribution in [0.1, 0.15) is 30.1 Å². The van der Waals surface area contributed by atoms with Crippen LogP contribution in [0.4, 0.5) is 5.82 Å². The van der Waals surface area contributed by atoms with Gasteiger partial charge in [-0.1, -0.05) is 29.8 Å². The number of aromatic nitrogens is 2. The lowest BCUT2D eigenvalue weighted by Gasteiger charge is -2.24. The van der Waals surface area contributed by atoms with Gasteiger partial charge in [-0.05, 0) is 24.5 Å². The van der Waals surface area contributed by atoms with Crippen LogP contribution in [0.3, 0.4) is 0 Å². The molecule has 0 bridgehead atoms. The lowest BCUT2D eigenvalue weighted by molar-refractivity contribution is 0.0834. The van der Waals surface area contributed by atoms with Crippen LogP contribution in [0.5, 0.6) is 5.88 Å². The number of methoxy groups -OCH3 is 1. The molecule has 0 radical (unpaired) electrons. The fraction of sp³-hybridized carbons (Fsp3) is 0.444. The molecule has 0 spiro atoms. The van der Waals surface area contributed by atoms with Gasteiger partial charge in [0.05, 0.1) is 7.11 Å². The third-order valence-electron chi connectivity index (χ3n) is 4.26. The summed E-state index contributed by atoms with van der Waals surface area (Å²) in [6.45, 7) is 2.19. The number of anilines is 1. The van der Waals surface area contributed by atoms with Crippen LogP contribution in [0.15, 0.2) is 30.3 Å². The maximum Gasteiger partial charge on any atom is 0.218 e. The topological polar surface area (TPSA) is 47.5 Å². The average Bonchev–Trinajstić information content (AvgIpc) is 2.64. The Bertz CT molecular complexity index is 690. The Labute approximate surface area is 147 Å². The first-order chi connectivity index (χ1) is 11.7. The molecule has 0 saturated carbocycles. The molecule has 0 amide bonds. The van der Waals surface area contributed by atoms with Gasteiger partial charge in [-0.3, -0.25) is 0 Å². The summed E-state index contributed by atoms with van der Waals surface area (Å²) in [4.78, 5) is 11.4. The quantitative estimate of drug-likeness (QED) is 0.825. The van der Waals surface area contributed by atoms with Crippen molar-refractivity contribution in [2.24, 2.45) is 0 Å². The van der Waals surface area contributed by atoms with Crippen LogP contribution in [-0.4, -0.2) is 37.3 Å². The van der Waals surface area contributed by atoms with E-state index in [-0.39, 0.29) is 0 Å². The van der Waals surface area contributed by atoms with E-state index >= 15 is 0 Å². The number of nitrogens with zero attached hydrogens (tertiary/aromatic N) is 3. The maximum absolute atomic E-state index is 6.27. The van der Waals surface area contributed by atoms with Crippen molar-refractivity contribution in [3.63, 3.8) is 0 Å². The molecular formula is C18H22ClN3O2. The molecule has 128 valence electrons. The van der Waals surface area contributed by atoms with Crippen LogP contribution in [0, 0.1) is 0 Å². The normalized spacial score (nSPS) is 15.3. The van der Waals surface area contributed by atoms with E-state index in [4.69, 9.17) is 26.1 Å². The summed E-state index contributed by atoms with van der Waals surface area (Å²) in [6, 6.07) is 9.71. The van der Waals surface area contributed by atoms with Gasteiger partial charge in [-0.2, -0.15) is 4.98 Å². The maximum atomic E-state index is 6.27. The van der Waals surface area contributed by atoms with E-state index in [2.05, 4.69) is 9.88 Å². The average molecular weight is 348 g/mol. The molecule has 0 unspecified atom stereocenters. The van der Waals surface area contributed by atoms with Gasteiger partial charge in [-0.25, -0.2) is 4.98 Å². The molecule has 1 aromatic carbocycles. The fourth-order valence-corrected chi connectivity index (χ4v) is 3.03. The van der Waals surface area contributed by atoms with E-state index in [1.54, 1.807) is 7.11 Å². The molecule has 1 aliphatic heterocycles. The molecule has 24 heavy (non-hydrogen) atoms. The van der Waals surface area contributed by atoms with Gasteiger partial charge in [0.25, 0.3) is 0 Å². The molecule has 0 aliphatic carbocycles. The summed E-state index contributed by atoms with van der Waals surface area (Å²) in [5.74, 6) is 2.58. The Morgan fingerprint density at radius 2 is 2.00 bits per heavy atom. The van der Waals surface area contributed by atoms with E-state index in [9.17, 15) is 0 Å². The molecule has 2 aromatic rings. The molecule has 1 aromatic heterocycles. The van der Waals surface area contributed by atoms with Crippen molar-refractivity contribution in [3.8, 4) is 5.88 Å². The van der Waals surface area contributed by atoms with Crippen molar-refractivity contribution in [2.75, 3.05) is 32.3 Å². The summed E-state index contributed by atoms with van der Waals surface area (Å²) < 4.78 is 10.8. The Kier molecular flexibility index (Phi) is 5.53. The van der Waals surface area contributed by atoms with Gasteiger partial charge < -0.3 is 14.4 Å². The van der Waals surface area contributed by atoms with Gasteiger partial charge in [0.15, 0.2) is 0 Å². The first-order valence-electron chi connectivity index (χ1n) is 8.12. The van der Waals surface area contributed by atoms with Gasteiger partial charge in [0.2, 0.25) is 5.88 Å². The Morgan fingerprint density at radius 3 is 2.71 bits per heavy atom. The van der Waals surface area contributed by atoms with Crippen LogP contribution in [0.25, 0.3) is 0 Å². The number of ether oxygens (including phenoxy) is 2. The molecule has 5 nitrogen and oxygen atoms in total. The highest BCUT2D eigenvalue weighted by Crippen LogP contribution is 2.28. The molecule has 1 fully saturated rings. The smallest absolute Gasteiger partial charge is 0.218 e. The number of rotatable bonds is 5. The fourth-order valence-electron chi connectivity index (χ4n) is 2.83. The van der Waals surface area contributed by atoms with Gasteiger partial charge >= 0.3 is 0 Å². The third kappa shape index (κ3) is 3.97. The van der Waals surface area contributed by atoms with E-state index in [1.807, 2.05) is 37.4 Å². The second-order valence-corrected chi connectivity index (χ2v) is 6.37. The molecular weight excluding hydrogens is 326 g/mol. The van der Waals surface area contributed by atoms with Crippen molar-refractivity contribution >= 4 is 17.4 Å². The van der Waals surface area contributed by atoms with E-state index in [1.165, 1.54) is 0 Å². The first kappa shape index (κ1) is 17.0. The summed E-state index contributed by atoms with van der Waals surface area (Å²) in [5, 5.41) is 0.759. The number of hydrogen-bond donors (Lipinski definition) is 0. The second-order valence-electron chi connectivity index (χ2n) is 5.96. The molecule has 1 aliphatic rings. The Balaban J connectivity index is 1.84. The summed E-state index contributed by atoms with van der Waals surface area (Å²) in [5.41, 5.74) is 1.06. The van der Waals surface area contributed by atoms with Gasteiger partial charge in [-0.15, -0.1) is 0 Å². The van der Waals surface area contributed by atoms with E-state index in [0.717, 1.165) is 48.3 Å². The van der Waals surface area contributed by atoms with Gasteiger partial charge in [0, 0.05) is 43.8 Å². The van der Waals surface area contributed by atoms with Gasteiger partial charge in [0.1, 0.15) is 11.6 Å². The zero-order chi connectivity index (χ0) is 16.9. The number of benzene rings is 1. The van der Waals surface area contributed by atoms with Crippen LogP contribution >= 0.6 is 11.6 Å². The standard InChI is InChI=1S/C18H22ClN3O2/c1-22(12-14-5-3-4-6-15(14)19)16-11-17(23-2)21-18(20-16)13-7-9-24-10-8-13/h3-6,11,13H,7-10,12H2,1-2H3. The lowest BCUT2D eigenvalue weighted by Crippen LogP contribution is -2.21. The zero-order valence-electron chi connectivity index (χ0n) is 14.0. The molecule has 1 saturated heterocycles. The van der Waals surface area contributed by atoms with Crippen LogP contribution in [-0.2, 0) is 11.3 Å². The summed E-state index contributed by atoms with van der Waals surface area (Å²) in [6.07, 6.45) is 1.89. The Morgan fingerprint density at radius 1 is 1.25 bits per heavy atom. The molecule has 0 atom stereocenters. The minimum absolute atomic E-state index is 0.321. The van der Waals surface area contributed by atoms with Crippen molar-refractivity contribution in [1.82, 2.24) is 9.97 Å². The highest BCUT2D eigenvalue weighted by atomic mass is 35.5. The summed E-state index contributed by atoms with van der Waals surface area (Å²) in [7, 11) is 3.63. The SMILES string of the molecule is COc1cc(N(C)Cc2ccccc2Cl)nc(C2CCOCC2)n1. The number of hydrogen-bond acceptors (Lipinski definition) is 5. The van der Waals surface area contributed by atoms with Crippen molar-refractivity contribution in [3.05, 3.63) is 46.7 Å². The van der Waals surface area contributed by atoms with Crippen molar-refractivity contribution in [1.29, 1.82) is 0 Å². The van der Waals surface area contributed by atoms with E-state index < -0.39 is 0 Å². The van der Waals surface area contributed by atoms with Crippen LogP contribution < -0.4 is 9.64 Å². The van der Waals surface area contributed by atoms with E-state index in [0.29, 0.717) is 18.3 Å². The highest BCUT2D eigenvalue weighted by molar-refractivity contribution is 6.31. The highest BCUT2D eigenvalue weighted by Gasteiger charge is 2.21. The monoisotopic (exact) mass is 347 g/mol. The molecule has 3 rings (SSSR count).